The third-order valence-corrected chi connectivity index (χ3v) is 4.98. The largest absolute Gasteiger partial charge is 0.342 e. The van der Waals surface area contributed by atoms with Gasteiger partial charge < -0.3 is 10.2 Å². The molecular weight excluding hydrogens is 298 g/mol. The van der Waals surface area contributed by atoms with Crippen molar-refractivity contribution >= 4 is 16.8 Å². The van der Waals surface area contributed by atoms with Crippen LogP contribution in [0.3, 0.4) is 0 Å². The molecule has 2 atom stereocenters. The standard InChI is InChI=1S/C20H27N3O/c1-14(2)20(24)23-11-9-18(15(3)13-23)22-12-17-7-4-6-16-8-5-10-21-19(16)17/h4-8,10,14-15,18,22H,9,11-13H2,1-3H3. The van der Waals surface area contributed by atoms with E-state index in [0.29, 0.717) is 12.0 Å². The number of fused-ring (bicyclic) bond motifs is 1. The molecular formula is C20H27N3O. The van der Waals surface area contributed by atoms with Crippen molar-refractivity contribution in [1.82, 2.24) is 15.2 Å². The Labute approximate surface area is 144 Å². The van der Waals surface area contributed by atoms with Crippen LogP contribution in [0, 0.1) is 11.8 Å². The van der Waals surface area contributed by atoms with Crippen molar-refractivity contribution in [3.05, 3.63) is 42.1 Å². The number of pyridine rings is 1. The van der Waals surface area contributed by atoms with E-state index in [0.717, 1.165) is 31.6 Å². The zero-order valence-corrected chi connectivity index (χ0v) is 14.8. The molecule has 1 aliphatic heterocycles. The second-order valence-corrected chi connectivity index (χ2v) is 7.18. The Hall–Kier alpha value is -1.94. The summed E-state index contributed by atoms with van der Waals surface area (Å²) in [7, 11) is 0. The molecule has 0 saturated carbocycles. The molecule has 1 N–H and O–H groups in total. The van der Waals surface area contributed by atoms with E-state index in [2.05, 4.69) is 41.5 Å². The van der Waals surface area contributed by atoms with Crippen LogP contribution in [0.15, 0.2) is 36.5 Å². The van der Waals surface area contributed by atoms with Gasteiger partial charge in [0.05, 0.1) is 5.52 Å². The fourth-order valence-electron chi connectivity index (χ4n) is 3.57. The van der Waals surface area contributed by atoms with Crippen molar-refractivity contribution in [3.8, 4) is 0 Å². The maximum atomic E-state index is 12.2. The fourth-order valence-corrected chi connectivity index (χ4v) is 3.57. The molecule has 4 heteroatoms. The maximum absolute atomic E-state index is 12.2. The van der Waals surface area contributed by atoms with E-state index in [4.69, 9.17) is 0 Å². The molecule has 0 spiro atoms. The summed E-state index contributed by atoms with van der Waals surface area (Å²) in [6, 6.07) is 10.9. The Morgan fingerprint density at radius 1 is 1.33 bits per heavy atom. The second-order valence-electron chi connectivity index (χ2n) is 7.18. The second kappa shape index (κ2) is 7.31. The number of nitrogens with one attached hydrogen (secondary N) is 1. The Balaban J connectivity index is 1.62. The summed E-state index contributed by atoms with van der Waals surface area (Å²) in [6.45, 7) is 8.71. The van der Waals surface area contributed by atoms with E-state index in [9.17, 15) is 4.79 Å². The van der Waals surface area contributed by atoms with Crippen molar-refractivity contribution in [2.45, 2.75) is 39.8 Å². The highest BCUT2D eigenvalue weighted by Crippen LogP contribution is 2.21. The third-order valence-electron chi connectivity index (χ3n) is 4.98. The minimum atomic E-state index is 0.0865. The van der Waals surface area contributed by atoms with Crippen LogP contribution < -0.4 is 5.32 Å². The van der Waals surface area contributed by atoms with Gasteiger partial charge in [0.1, 0.15) is 0 Å². The Kier molecular flexibility index (Phi) is 5.14. The number of piperidine rings is 1. The van der Waals surface area contributed by atoms with Crippen molar-refractivity contribution in [2.75, 3.05) is 13.1 Å². The van der Waals surface area contributed by atoms with Gasteiger partial charge in [-0.1, -0.05) is 45.0 Å². The van der Waals surface area contributed by atoms with Crippen molar-refractivity contribution in [1.29, 1.82) is 0 Å². The molecule has 2 aromatic rings. The number of hydrogen-bond donors (Lipinski definition) is 1. The predicted octanol–water partition coefficient (Wildman–Crippen LogP) is 3.22. The highest BCUT2D eigenvalue weighted by molar-refractivity contribution is 5.81. The minimum Gasteiger partial charge on any atom is -0.342 e. The highest BCUT2D eigenvalue weighted by Gasteiger charge is 2.29. The van der Waals surface area contributed by atoms with E-state index in [1.54, 1.807) is 0 Å². The topological polar surface area (TPSA) is 45.2 Å². The number of nitrogens with zero attached hydrogens (tertiary/aromatic N) is 2. The summed E-state index contributed by atoms with van der Waals surface area (Å²) >= 11 is 0. The summed E-state index contributed by atoms with van der Waals surface area (Å²) in [4.78, 5) is 18.7. The first kappa shape index (κ1) is 16.9. The first-order valence-electron chi connectivity index (χ1n) is 8.91. The number of para-hydroxylation sites is 1. The number of carbonyl (C=O) groups excluding carboxylic acids is 1. The van der Waals surface area contributed by atoms with Gasteiger partial charge >= 0.3 is 0 Å². The number of likely N-dealkylation sites (tertiary alicyclic amines) is 1. The predicted molar refractivity (Wildman–Crippen MR) is 97.6 cm³/mol. The van der Waals surface area contributed by atoms with Gasteiger partial charge in [-0.25, -0.2) is 0 Å². The normalized spacial score (nSPS) is 21.4. The summed E-state index contributed by atoms with van der Waals surface area (Å²) in [5, 5.41) is 4.87. The maximum Gasteiger partial charge on any atom is 0.225 e. The third kappa shape index (κ3) is 3.59. The fraction of sp³-hybridized carbons (Fsp3) is 0.500. The van der Waals surface area contributed by atoms with Crippen LogP contribution in [-0.4, -0.2) is 34.9 Å². The zero-order valence-electron chi connectivity index (χ0n) is 14.8. The quantitative estimate of drug-likeness (QED) is 0.939. The minimum absolute atomic E-state index is 0.0865. The summed E-state index contributed by atoms with van der Waals surface area (Å²) in [6.07, 6.45) is 2.86. The van der Waals surface area contributed by atoms with Gasteiger partial charge in [-0.3, -0.25) is 9.78 Å². The number of amides is 1. The molecule has 1 fully saturated rings. The van der Waals surface area contributed by atoms with Gasteiger partial charge in [-0.05, 0) is 24.0 Å². The molecule has 128 valence electrons. The number of hydrogen-bond acceptors (Lipinski definition) is 3. The first-order valence-corrected chi connectivity index (χ1v) is 8.91. The van der Waals surface area contributed by atoms with Gasteiger partial charge in [0.25, 0.3) is 0 Å². The lowest BCUT2D eigenvalue weighted by Crippen LogP contribution is -2.50. The molecule has 0 bridgehead atoms. The number of rotatable bonds is 4. The molecule has 0 aliphatic carbocycles. The first-order chi connectivity index (χ1) is 11.6. The Morgan fingerprint density at radius 3 is 2.88 bits per heavy atom. The number of carbonyl (C=O) groups is 1. The molecule has 1 aromatic carbocycles. The lowest BCUT2D eigenvalue weighted by atomic mass is 9.92. The molecule has 4 nitrogen and oxygen atoms in total. The van der Waals surface area contributed by atoms with Crippen LogP contribution in [0.25, 0.3) is 10.9 Å². The van der Waals surface area contributed by atoms with E-state index in [1.807, 2.05) is 31.0 Å². The van der Waals surface area contributed by atoms with E-state index >= 15 is 0 Å². The summed E-state index contributed by atoms with van der Waals surface area (Å²) in [5.74, 6) is 0.825. The van der Waals surface area contributed by atoms with Crippen LogP contribution in [0.2, 0.25) is 0 Å². The van der Waals surface area contributed by atoms with Crippen molar-refractivity contribution in [2.24, 2.45) is 11.8 Å². The summed E-state index contributed by atoms with van der Waals surface area (Å²) in [5.41, 5.74) is 2.31. The van der Waals surface area contributed by atoms with Gasteiger partial charge in [-0.15, -0.1) is 0 Å². The number of benzene rings is 1. The SMILES string of the molecule is CC(C)C(=O)N1CCC(NCc2cccc3cccnc23)C(C)C1. The van der Waals surface area contributed by atoms with Gasteiger partial charge in [0.2, 0.25) is 5.91 Å². The van der Waals surface area contributed by atoms with Crippen LogP contribution >= 0.6 is 0 Å². The molecule has 1 aromatic heterocycles. The molecule has 24 heavy (non-hydrogen) atoms. The molecule has 1 saturated heterocycles. The van der Waals surface area contributed by atoms with Crippen LogP contribution in [0.5, 0.6) is 0 Å². The smallest absolute Gasteiger partial charge is 0.225 e. The lowest BCUT2D eigenvalue weighted by Gasteiger charge is -2.38. The Bertz CT molecular complexity index is 708. The van der Waals surface area contributed by atoms with E-state index < -0.39 is 0 Å². The van der Waals surface area contributed by atoms with Crippen molar-refractivity contribution < 1.29 is 4.79 Å². The van der Waals surface area contributed by atoms with Crippen molar-refractivity contribution in [3.63, 3.8) is 0 Å². The van der Waals surface area contributed by atoms with Gasteiger partial charge in [0, 0.05) is 43.2 Å². The zero-order chi connectivity index (χ0) is 17.1. The highest BCUT2D eigenvalue weighted by atomic mass is 16.2. The van der Waals surface area contributed by atoms with E-state index in [-0.39, 0.29) is 11.8 Å². The average molecular weight is 325 g/mol. The van der Waals surface area contributed by atoms with Crippen LogP contribution in [0.1, 0.15) is 32.8 Å². The van der Waals surface area contributed by atoms with Gasteiger partial charge in [0.15, 0.2) is 0 Å². The monoisotopic (exact) mass is 325 g/mol. The molecule has 3 rings (SSSR count). The molecule has 1 aliphatic rings. The van der Waals surface area contributed by atoms with E-state index in [1.165, 1.54) is 10.9 Å². The molecule has 0 radical (unpaired) electrons. The molecule has 2 unspecified atom stereocenters. The summed E-state index contributed by atoms with van der Waals surface area (Å²) < 4.78 is 0. The Morgan fingerprint density at radius 2 is 2.12 bits per heavy atom. The average Bonchev–Trinajstić information content (AvgIpc) is 2.60. The number of aromatic nitrogens is 1. The van der Waals surface area contributed by atoms with Gasteiger partial charge in [-0.2, -0.15) is 0 Å². The lowest BCUT2D eigenvalue weighted by molar-refractivity contribution is -0.136. The van der Waals surface area contributed by atoms with Crippen LogP contribution in [0.4, 0.5) is 0 Å². The molecule has 1 amide bonds. The van der Waals surface area contributed by atoms with Crippen LogP contribution in [-0.2, 0) is 11.3 Å². The molecule has 2 heterocycles.